The van der Waals surface area contributed by atoms with Crippen LogP contribution in [0.15, 0.2) is 0 Å². The molecule has 0 heterocycles. The minimum atomic E-state index is -4.57. The standard InChI is InChI=1S/C15H28F3NO2/c1-3-5-6-7-8-9-10-11-12(14(20)21-4-2)13(19)15(16,17)18/h12-13H,3-11,19H2,1-2H3/t12-,13-/m1/s1. The largest absolute Gasteiger partial charge is 0.466 e. The molecule has 0 aliphatic rings. The summed E-state index contributed by atoms with van der Waals surface area (Å²) < 4.78 is 42.8. The SMILES string of the molecule is CCCCCCCCC[C@@H](C(=O)OCC)[C@@H](N)C(F)(F)F. The van der Waals surface area contributed by atoms with Crippen LogP contribution in [0.25, 0.3) is 0 Å². The van der Waals surface area contributed by atoms with E-state index in [4.69, 9.17) is 10.5 Å². The minimum Gasteiger partial charge on any atom is -0.466 e. The number of carbonyl (C=O) groups excluding carboxylic acids is 1. The van der Waals surface area contributed by atoms with Crippen molar-refractivity contribution in [2.75, 3.05) is 6.61 Å². The van der Waals surface area contributed by atoms with E-state index in [9.17, 15) is 18.0 Å². The van der Waals surface area contributed by atoms with Crippen molar-refractivity contribution in [3.63, 3.8) is 0 Å². The van der Waals surface area contributed by atoms with E-state index in [1.807, 2.05) is 0 Å². The Balaban J connectivity index is 4.21. The summed E-state index contributed by atoms with van der Waals surface area (Å²) in [4.78, 5) is 11.6. The van der Waals surface area contributed by atoms with E-state index in [2.05, 4.69) is 6.92 Å². The molecule has 0 radical (unpaired) electrons. The first-order valence-corrected chi connectivity index (χ1v) is 7.83. The van der Waals surface area contributed by atoms with Gasteiger partial charge in [-0.2, -0.15) is 13.2 Å². The van der Waals surface area contributed by atoms with Gasteiger partial charge in [-0.3, -0.25) is 4.79 Å². The normalized spacial score (nSPS) is 14.8. The van der Waals surface area contributed by atoms with E-state index in [1.165, 1.54) is 6.42 Å². The second-order valence-electron chi connectivity index (χ2n) is 5.34. The van der Waals surface area contributed by atoms with E-state index in [0.29, 0.717) is 6.42 Å². The summed E-state index contributed by atoms with van der Waals surface area (Å²) in [5.74, 6) is -2.13. The van der Waals surface area contributed by atoms with Crippen LogP contribution in [0.5, 0.6) is 0 Å². The third kappa shape index (κ3) is 8.96. The third-order valence-electron chi connectivity index (χ3n) is 3.52. The summed E-state index contributed by atoms with van der Waals surface area (Å²) in [6.07, 6.45) is 2.52. The minimum absolute atomic E-state index is 0.0664. The summed E-state index contributed by atoms with van der Waals surface area (Å²) in [6.45, 7) is 3.77. The van der Waals surface area contributed by atoms with Crippen LogP contribution in [-0.4, -0.2) is 24.8 Å². The Bertz CT molecular complexity index is 283. The molecule has 3 nitrogen and oxygen atoms in total. The molecule has 6 heteroatoms. The second kappa shape index (κ2) is 10.9. The quantitative estimate of drug-likeness (QED) is 0.459. The van der Waals surface area contributed by atoms with E-state index in [-0.39, 0.29) is 13.0 Å². The van der Waals surface area contributed by atoms with Crippen molar-refractivity contribution < 1.29 is 22.7 Å². The maximum Gasteiger partial charge on any atom is 0.404 e. The second-order valence-corrected chi connectivity index (χ2v) is 5.34. The van der Waals surface area contributed by atoms with Gasteiger partial charge < -0.3 is 10.5 Å². The van der Waals surface area contributed by atoms with Crippen molar-refractivity contribution in [1.82, 2.24) is 0 Å². The molecule has 0 rings (SSSR count). The van der Waals surface area contributed by atoms with Gasteiger partial charge >= 0.3 is 12.1 Å². The molecule has 0 fully saturated rings. The number of hydrogen-bond donors (Lipinski definition) is 1. The molecule has 0 aromatic carbocycles. The highest BCUT2D eigenvalue weighted by Gasteiger charge is 2.45. The van der Waals surface area contributed by atoms with Gasteiger partial charge in [0.15, 0.2) is 0 Å². The third-order valence-corrected chi connectivity index (χ3v) is 3.52. The van der Waals surface area contributed by atoms with Crippen molar-refractivity contribution in [3.05, 3.63) is 0 Å². The van der Waals surface area contributed by atoms with Crippen LogP contribution in [-0.2, 0) is 9.53 Å². The molecular weight excluding hydrogens is 283 g/mol. The predicted octanol–water partition coefficient (Wildman–Crippen LogP) is 4.20. The molecule has 21 heavy (non-hydrogen) atoms. The highest BCUT2D eigenvalue weighted by Crippen LogP contribution is 2.28. The Morgan fingerprint density at radius 3 is 2.05 bits per heavy atom. The van der Waals surface area contributed by atoms with Crippen LogP contribution in [0.3, 0.4) is 0 Å². The van der Waals surface area contributed by atoms with E-state index < -0.39 is 24.1 Å². The first-order valence-electron chi connectivity index (χ1n) is 7.83. The van der Waals surface area contributed by atoms with Gasteiger partial charge in [0.2, 0.25) is 0 Å². The molecule has 0 unspecified atom stereocenters. The lowest BCUT2D eigenvalue weighted by atomic mass is 9.93. The molecule has 0 aliphatic heterocycles. The van der Waals surface area contributed by atoms with Gasteiger partial charge in [0, 0.05) is 0 Å². The molecule has 0 aromatic rings. The van der Waals surface area contributed by atoms with Crippen molar-refractivity contribution in [2.45, 2.75) is 77.4 Å². The van der Waals surface area contributed by atoms with Gasteiger partial charge in [0.05, 0.1) is 12.5 Å². The molecule has 0 saturated heterocycles. The summed E-state index contributed by atoms with van der Waals surface area (Å²) in [6, 6.07) is -2.14. The number of halogens is 3. The molecule has 0 bridgehead atoms. The number of ether oxygens (including phenoxy) is 1. The average molecular weight is 311 g/mol. The van der Waals surface area contributed by atoms with Crippen LogP contribution < -0.4 is 5.73 Å². The maximum absolute atomic E-state index is 12.7. The fraction of sp³-hybridized carbons (Fsp3) is 0.933. The molecule has 0 saturated carbocycles. The van der Waals surface area contributed by atoms with Crippen LogP contribution in [0, 0.1) is 5.92 Å². The van der Waals surface area contributed by atoms with Crippen LogP contribution in [0.4, 0.5) is 13.2 Å². The van der Waals surface area contributed by atoms with Gasteiger partial charge in [-0.1, -0.05) is 51.9 Å². The number of unbranched alkanes of at least 4 members (excludes halogenated alkanes) is 6. The Kier molecular flexibility index (Phi) is 10.5. The molecular formula is C15H28F3NO2. The van der Waals surface area contributed by atoms with Gasteiger partial charge in [-0.15, -0.1) is 0 Å². The first kappa shape index (κ1) is 20.2. The number of carbonyl (C=O) groups is 1. The summed E-state index contributed by atoms with van der Waals surface area (Å²) in [5, 5.41) is 0. The lowest BCUT2D eigenvalue weighted by molar-refractivity contribution is -0.176. The highest BCUT2D eigenvalue weighted by molar-refractivity contribution is 5.73. The fourth-order valence-electron chi connectivity index (χ4n) is 2.24. The number of nitrogens with two attached hydrogens (primary N) is 1. The topological polar surface area (TPSA) is 52.3 Å². The zero-order valence-corrected chi connectivity index (χ0v) is 13.0. The zero-order valence-electron chi connectivity index (χ0n) is 13.0. The molecule has 126 valence electrons. The Labute approximate surface area is 125 Å². The summed E-state index contributed by atoms with van der Waals surface area (Å²) >= 11 is 0. The lowest BCUT2D eigenvalue weighted by Crippen LogP contribution is -2.47. The molecule has 2 atom stereocenters. The maximum atomic E-state index is 12.7. The number of hydrogen-bond acceptors (Lipinski definition) is 3. The number of alkyl halides is 3. The van der Waals surface area contributed by atoms with Crippen molar-refractivity contribution in [1.29, 1.82) is 0 Å². The van der Waals surface area contributed by atoms with Crippen molar-refractivity contribution in [3.8, 4) is 0 Å². The van der Waals surface area contributed by atoms with Crippen LogP contribution >= 0.6 is 0 Å². The lowest BCUT2D eigenvalue weighted by Gasteiger charge is -2.24. The van der Waals surface area contributed by atoms with Gasteiger partial charge in [-0.25, -0.2) is 0 Å². The fourth-order valence-corrected chi connectivity index (χ4v) is 2.24. The van der Waals surface area contributed by atoms with E-state index >= 15 is 0 Å². The van der Waals surface area contributed by atoms with Gasteiger partial charge in [-0.05, 0) is 13.3 Å². The van der Waals surface area contributed by atoms with Crippen molar-refractivity contribution in [2.24, 2.45) is 11.7 Å². The van der Waals surface area contributed by atoms with E-state index in [1.54, 1.807) is 6.92 Å². The van der Waals surface area contributed by atoms with E-state index in [0.717, 1.165) is 32.1 Å². The zero-order chi connectivity index (χ0) is 16.3. The molecule has 0 amide bonds. The Morgan fingerprint density at radius 2 is 1.57 bits per heavy atom. The Morgan fingerprint density at radius 1 is 1.05 bits per heavy atom. The summed E-state index contributed by atoms with van der Waals surface area (Å²) in [5.41, 5.74) is 5.18. The Hall–Kier alpha value is -0.780. The predicted molar refractivity (Wildman–Crippen MR) is 76.8 cm³/mol. The van der Waals surface area contributed by atoms with Gasteiger partial charge in [0.1, 0.15) is 6.04 Å². The monoisotopic (exact) mass is 311 g/mol. The first-order chi connectivity index (χ1) is 9.84. The molecule has 0 aliphatic carbocycles. The average Bonchev–Trinajstić information content (AvgIpc) is 2.40. The number of esters is 1. The van der Waals surface area contributed by atoms with Crippen molar-refractivity contribution >= 4 is 5.97 Å². The molecule has 0 aromatic heterocycles. The highest BCUT2D eigenvalue weighted by atomic mass is 19.4. The summed E-state index contributed by atoms with van der Waals surface area (Å²) in [7, 11) is 0. The molecule has 2 N–H and O–H groups in total. The van der Waals surface area contributed by atoms with Crippen LogP contribution in [0.2, 0.25) is 0 Å². The van der Waals surface area contributed by atoms with Gasteiger partial charge in [0.25, 0.3) is 0 Å². The smallest absolute Gasteiger partial charge is 0.404 e. The number of rotatable bonds is 11. The van der Waals surface area contributed by atoms with Crippen LogP contribution in [0.1, 0.15) is 65.2 Å². The molecule has 0 spiro atoms.